The van der Waals surface area contributed by atoms with Gasteiger partial charge in [0, 0.05) is 6.42 Å². The van der Waals surface area contributed by atoms with Crippen LogP contribution in [0.4, 0.5) is 8.78 Å². The second kappa shape index (κ2) is 3.50. The quantitative estimate of drug-likeness (QED) is 0.710. The predicted molar refractivity (Wildman–Crippen MR) is 49.7 cm³/mol. The van der Waals surface area contributed by atoms with Gasteiger partial charge in [-0.3, -0.25) is 0 Å². The lowest BCUT2D eigenvalue weighted by molar-refractivity contribution is -0.0817. The van der Waals surface area contributed by atoms with E-state index in [9.17, 15) is 8.78 Å². The zero-order valence-corrected chi connectivity index (χ0v) is 8.34. The number of hydrogen-bond donors (Lipinski definition) is 0. The molecule has 0 bridgehead atoms. The molecule has 0 N–H and O–H groups in total. The minimum absolute atomic E-state index is 0.0617. The molecule has 14 heavy (non-hydrogen) atoms. The summed E-state index contributed by atoms with van der Waals surface area (Å²) in [7, 11) is 0. The Morgan fingerprint density at radius 1 is 1.50 bits per heavy atom. The molecule has 0 saturated heterocycles. The van der Waals surface area contributed by atoms with Crippen LogP contribution in [0.15, 0.2) is 12.3 Å². The number of hydrogen-bond acceptors (Lipinski definition) is 1. The summed E-state index contributed by atoms with van der Waals surface area (Å²) >= 11 is 5.77. The fraction of sp³-hybridized carbons (Fsp3) is 0.667. The largest absolute Gasteiger partial charge is 0.270 e. The standard InChI is InChI=1S/C9H11ClF2N2/c10-8-4-6-13-14(8)7-3-1-2-5-9(7,11)12/h4,6-7H,1-3,5H2. The first-order valence-electron chi connectivity index (χ1n) is 4.68. The van der Waals surface area contributed by atoms with Gasteiger partial charge in [0.25, 0.3) is 5.92 Å². The van der Waals surface area contributed by atoms with Gasteiger partial charge in [-0.05, 0) is 18.9 Å². The molecule has 2 nitrogen and oxygen atoms in total. The molecule has 1 aliphatic carbocycles. The van der Waals surface area contributed by atoms with E-state index in [4.69, 9.17) is 11.6 Å². The van der Waals surface area contributed by atoms with Gasteiger partial charge < -0.3 is 0 Å². The van der Waals surface area contributed by atoms with Crippen LogP contribution in [0.5, 0.6) is 0 Å². The van der Waals surface area contributed by atoms with Crippen molar-refractivity contribution in [3.8, 4) is 0 Å². The van der Waals surface area contributed by atoms with Crippen molar-refractivity contribution in [1.29, 1.82) is 0 Å². The van der Waals surface area contributed by atoms with Gasteiger partial charge in [-0.15, -0.1) is 0 Å². The Kier molecular flexibility index (Phi) is 2.47. The summed E-state index contributed by atoms with van der Waals surface area (Å²) in [6, 6.07) is 0.672. The monoisotopic (exact) mass is 220 g/mol. The summed E-state index contributed by atoms with van der Waals surface area (Å²) in [5.41, 5.74) is 0. The Morgan fingerprint density at radius 2 is 2.29 bits per heavy atom. The SMILES string of the molecule is FC1(F)CCCCC1n1nccc1Cl. The highest BCUT2D eigenvalue weighted by molar-refractivity contribution is 6.29. The maximum atomic E-state index is 13.5. The fourth-order valence-electron chi connectivity index (χ4n) is 1.90. The average Bonchev–Trinajstić information content (AvgIpc) is 2.51. The van der Waals surface area contributed by atoms with E-state index in [0.29, 0.717) is 12.8 Å². The topological polar surface area (TPSA) is 17.8 Å². The Bertz CT molecular complexity index is 324. The lowest BCUT2D eigenvalue weighted by Crippen LogP contribution is -2.34. The van der Waals surface area contributed by atoms with E-state index in [0.717, 1.165) is 6.42 Å². The van der Waals surface area contributed by atoms with Gasteiger partial charge in [-0.2, -0.15) is 5.10 Å². The average molecular weight is 221 g/mol. The summed E-state index contributed by atoms with van der Waals surface area (Å²) in [6.45, 7) is 0. The second-order valence-electron chi connectivity index (χ2n) is 3.62. The maximum absolute atomic E-state index is 13.5. The molecule has 0 aromatic carbocycles. The van der Waals surface area contributed by atoms with E-state index in [1.165, 1.54) is 16.9 Å². The van der Waals surface area contributed by atoms with Crippen molar-refractivity contribution in [3.63, 3.8) is 0 Å². The highest BCUT2D eigenvalue weighted by Gasteiger charge is 2.43. The zero-order valence-electron chi connectivity index (χ0n) is 7.59. The molecule has 78 valence electrons. The van der Waals surface area contributed by atoms with Crippen LogP contribution in [0.25, 0.3) is 0 Å². The zero-order chi connectivity index (χ0) is 10.2. The van der Waals surface area contributed by atoms with E-state index in [-0.39, 0.29) is 11.6 Å². The smallest absolute Gasteiger partial charge is 0.245 e. The molecule has 2 rings (SSSR count). The predicted octanol–water partition coefficient (Wildman–Crippen LogP) is 3.29. The highest BCUT2D eigenvalue weighted by Crippen LogP contribution is 2.42. The lowest BCUT2D eigenvalue weighted by Gasteiger charge is -2.31. The van der Waals surface area contributed by atoms with Gasteiger partial charge in [0.1, 0.15) is 11.2 Å². The number of halogens is 3. The Labute approximate surface area is 85.9 Å². The molecule has 0 radical (unpaired) electrons. The van der Waals surface area contributed by atoms with Crippen molar-refractivity contribution < 1.29 is 8.78 Å². The first-order valence-corrected chi connectivity index (χ1v) is 5.06. The molecule has 5 heteroatoms. The van der Waals surface area contributed by atoms with Crippen LogP contribution < -0.4 is 0 Å². The van der Waals surface area contributed by atoms with Gasteiger partial charge in [0.05, 0.1) is 6.20 Å². The molecule has 0 aliphatic heterocycles. The molecule has 0 spiro atoms. The number of rotatable bonds is 1. The van der Waals surface area contributed by atoms with E-state index in [1.807, 2.05) is 0 Å². The normalized spacial score (nSPS) is 26.4. The molecule has 1 aromatic rings. The van der Waals surface area contributed by atoms with Crippen LogP contribution in [-0.4, -0.2) is 15.7 Å². The van der Waals surface area contributed by atoms with Gasteiger partial charge in [-0.25, -0.2) is 13.5 Å². The number of alkyl halides is 2. The molecular weight excluding hydrogens is 210 g/mol. The van der Waals surface area contributed by atoms with Crippen LogP contribution >= 0.6 is 11.6 Å². The Balaban J connectivity index is 2.28. The molecular formula is C9H11ClF2N2. The van der Waals surface area contributed by atoms with Crippen LogP contribution in [0.1, 0.15) is 31.7 Å². The van der Waals surface area contributed by atoms with E-state index >= 15 is 0 Å². The lowest BCUT2D eigenvalue weighted by atomic mass is 9.92. The fourth-order valence-corrected chi connectivity index (χ4v) is 2.12. The third kappa shape index (κ3) is 1.63. The van der Waals surface area contributed by atoms with Crippen LogP contribution in [-0.2, 0) is 0 Å². The van der Waals surface area contributed by atoms with Crippen LogP contribution in [0.2, 0.25) is 5.15 Å². The molecule has 1 atom stereocenters. The maximum Gasteiger partial charge on any atom is 0.270 e. The molecule has 1 heterocycles. The minimum Gasteiger partial charge on any atom is -0.245 e. The van der Waals surface area contributed by atoms with Gasteiger partial charge in [0.15, 0.2) is 0 Å². The Hall–Kier alpha value is -0.640. The molecule has 0 amide bonds. The summed E-state index contributed by atoms with van der Waals surface area (Å²) in [5.74, 6) is -2.67. The van der Waals surface area contributed by atoms with Gasteiger partial charge >= 0.3 is 0 Å². The van der Waals surface area contributed by atoms with E-state index in [1.54, 1.807) is 0 Å². The molecule has 1 fully saturated rings. The third-order valence-corrected chi connectivity index (χ3v) is 2.94. The van der Waals surface area contributed by atoms with E-state index < -0.39 is 12.0 Å². The van der Waals surface area contributed by atoms with Crippen molar-refractivity contribution in [1.82, 2.24) is 9.78 Å². The summed E-state index contributed by atoms with van der Waals surface area (Å²) < 4.78 is 28.2. The van der Waals surface area contributed by atoms with E-state index in [2.05, 4.69) is 5.10 Å². The van der Waals surface area contributed by atoms with Crippen LogP contribution in [0.3, 0.4) is 0 Å². The third-order valence-electron chi connectivity index (χ3n) is 2.64. The molecule has 1 saturated carbocycles. The summed E-state index contributed by atoms with van der Waals surface area (Å²) in [6.07, 6.45) is 3.24. The van der Waals surface area contributed by atoms with Gasteiger partial charge in [0.2, 0.25) is 0 Å². The first-order chi connectivity index (χ1) is 6.61. The van der Waals surface area contributed by atoms with Crippen molar-refractivity contribution >= 4 is 11.6 Å². The minimum atomic E-state index is -2.67. The highest BCUT2D eigenvalue weighted by atomic mass is 35.5. The second-order valence-corrected chi connectivity index (χ2v) is 4.01. The van der Waals surface area contributed by atoms with Crippen molar-refractivity contribution in [2.24, 2.45) is 0 Å². The van der Waals surface area contributed by atoms with Crippen molar-refractivity contribution in [3.05, 3.63) is 17.4 Å². The van der Waals surface area contributed by atoms with Crippen LogP contribution in [0, 0.1) is 0 Å². The first kappa shape index (κ1) is 9.90. The number of aromatic nitrogens is 2. The van der Waals surface area contributed by atoms with Crippen molar-refractivity contribution in [2.45, 2.75) is 37.6 Å². The molecule has 1 aromatic heterocycles. The molecule has 1 unspecified atom stereocenters. The summed E-state index contributed by atoms with van der Waals surface area (Å²) in [5, 5.41) is 4.13. The number of nitrogens with zero attached hydrogens (tertiary/aromatic N) is 2. The van der Waals surface area contributed by atoms with Crippen molar-refractivity contribution in [2.75, 3.05) is 0 Å². The van der Waals surface area contributed by atoms with Gasteiger partial charge in [-0.1, -0.05) is 18.0 Å². The molecule has 1 aliphatic rings. The Morgan fingerprint density at radius 3 is 2.86 bits per heavy atom. The summed E-state index contributed by atoms with van der Waals surface area (Å²) in [4.78, 5) is 0.